The van der Waals surface area contributed by atoms with Gasteiger partial charge in [-0.2, -0.15) is 13.2 Å². The van der Waals surface area contributed by atoms with Gasteiger partial charge in [0.25, 0.3) is 0 Å². The number of aryl methyl sites for hydroxylation is 3. The largest absolute Gasteiger partial charge is 0.419 e. The Hall–Kier alpha value is -3.42. The smallest absolute Gasteiger partial charge is 0.324 e. The molecule has 0 unspecified atom stereocenters. The number of para-hydroxylation sites is 1. The van der Waals surface area contributed by atoms with Gasteiger partial charge in [0.2, 0.25) is 11.9 Å². The summed E-state index contributed by atoms with van der Waals surface area (Å²) in [6.45, 7) is 0. The highest BCUT2D eigenvalue weighted by Crippen LogP contribution is 2.34. The molecule has 30 heavy (non-hydrogen) atoms. The van der Waals surface area contributed by atoms with Gasteiger partial charge in [-0.1, -0.05) is 42.5 Å². The van der Waals surface area contributed by atoms with Gasteiger partial charge in [0.15, 0.2) is 0 Å². The number of alkyl halides is 3. The van der Waals surface area contributed by atoms with Crippen LogP contribution >= 0.6 is 0 Å². The van der Waals surface area contributed by atoms with Crippen LogP contribution in [-0.4, -0.2) is 15.9 Å². The van der Waals surface area contributed by atoms with E-state index in [0.29, 0.717) is 30.6 Å². The lowest BCUT2D eigenvalue weighted by molar-refractivity contribution is -0.138. The van der Waals surface area contributed by atoms with Gasteiger partial charge in [-0.3, -0.25) is 4.79 Å². The number of carbonyl (C=O) groups is 1. The summed E-state index contributed by atoms with van der Waals surface area (Å²) in [4.78, 5) is 19.8. The molecule has 0 atom stereocenters. The van der Waals surface area contributed by atoms with Crippen LogP contribution in [-0.2, 0) is 30.2 Å². The van der Waals surface area contributed by atoms with Crippen molar-refractivity contribution < 1.29 is 18.0 Å². The molecule has 154 valence electrons. The molecule has 2 N–H and O–H groups in total. The topological polar surface area (TPSA) is 66.9 Å². The molecule has 8 heteroatoms. The number of hydrogen-bond donors (Lipinski definition) is 2. The van der Waals surface area contributed by atoms with Crippen molar-refractivity contribution in [2.24, 2.45) is 0 Å². The van der Waals surface area contributed by atoms with E-state index in [9.17, 15) is 18.0 Å². The summed E-state index contributed by atoms with van der Waals surface area (Å²) >= 11 is 0. The van der Waals surface area contributed by atoms with Crippen LogP contribution in [0.1, 0.15) is 28.8 Å². The summed E-state index contributed by atoms with van der Waals surface area (Å²) in [5, 5.41) is 5.77. The molecule has 1 aromatic heterocycles. The number of hydrogen-bond acceptors (Lipinski definition) is 4. The normalized spacial score (nSPS) is 13.5. The maximum absolute atomic E-state index is 13.5. The highest BCUT2D eigenvalue weighted by atomic mass is 19.4. The van der Waals surface area contributed by atoms with Crippen LogP contribution in [0.15, 0.2) is 54.7 Å². The Balaban J connectivity index is 1.63. The number of benzene rings is 2. The predicted molar refractivity (Wildman–Crippen MR) is 108 cm³/mol. The fourth-order valence-electron chi connectivity index (χ4n) is 3.44. The second kappa shape index (κ2) is 8.14. The zero-order chi connectivity index (χ0) is 21.1. The van der Waals surface area contributed by atoms with Gasteiger partial charge in [0.1, 0.15) is 0 Å². The summed E-state index contributed by atoms with van der Waals surface area (Å²) in [5.74, 6) is -0.0482. The molecule has 0 aliphatic carbocycles. The highest BCUT2D eigenvalue weighted by molar-refractivity contribution is 5.98. The van der Waals surface area contributed by atoms with E-state index in [1.165, 1.54) is 0 Å². The zero-order valence-electron chi connectivity index (χ0n) is 16.0. The molecular formula is C22H19F3N4O. The third kappa shape index (κ3) is 4.42. The lowest BCUT2D eigenvalue weighted by Gasteiger charge is -2.20. The van der Waals surface area contributed by atoms with Crippen LogP contribution in [0.2, 0.25) is 0 Å². The number of aromatic nitrogens is 2. The van der Waals surface area contributed by atoms with Gasteiger partial charge in [0, 0.05) is 12.6 Å². The average molecular weight is 412 g/mol. The first-order chi connectivity index (χ1) is 14.4. The average Bonchev–Trinajstić information content (AvgIpc) is 2.73. The summed E-state index contributed by atoms with van der Waals surface area (Å²) in [6.07, 6.45) is -2.17. The van der Waals surface area contributed by atoms with Crippen LogP contribution in [0, 0.1) is 0 Å². The van der Waals surface area contributed by atoms with Crippen molar-refractivity contribution >= 4 is 23.2 Å². The Morgan fingerprint density at radius 2 is 1.80 bits per heavy atom. The quantitative estimate of drug-likeness (QED) is 0.625. The van der Waals surface area contributed by atoms with Gasteiger partial charge >= 0.3 is 6.18 Å². The van der Waals surface area contributed by atoms with Crippen LogP contribution in [0.3, 0.4) is 0 Å². The standard InChI is InChI=1S/C22H19F3N4O/c23-22(24,25)16-13-26-21(27-17(16)11-9-14-5-2-1-3-6-14)28-18-8-4-7-15-10-12-19(30)29-20(15)18/h1-8,13H,9-12H2,(H,29,30)(H,26,27,28). The Morgan fingerprint density at radius 1 is 1.00 bits per heavy atom. The molecule has 5 nitrogen and oxygen atoms in total. The van der Waals surface area contributed by atoms with Crippen molar-refractivity contribution in [2.45, 2.75) is 31.9 Å². The van der Waals surface area contributed by atoms with Crippen LogP contribution in [0.5, 0.6) is 0 Å². The Morgan fingerprint density at radius 3 is 2.57 bits per heavy atom. The molecule has 2 aromatic carbocycles. The second-order valence-corrected chi connectivity index (χ2v) is 7.05. The van der Waals surface area contributed by atoms with Crippen molar-refractivity contribution in [1.29, 1.82) is 0 Å². The van der Waals surface area contributed by atoms with Crippen molar-refractivity contribution in [1.82, 2.24) is 9.97 Å². The van der Waals surface area contributed by atoms with Crippen LogP contribution in [0.4, 0.5) is 30.5 Å². The van der Waals surface area contributed by atoms with Gasteiger partial charge in [-0.15, -0.1) is 0 Å². The van der Waals surface area contributed by atoms with E-state index in [0.717, 1.165) is 17.3 Å². The van der Waals surface area contributed by atoms with Gasteiger partial charge in [0.05, 0.1) is 22.6 Å². The second-order valence-electron chi connectivity index (χ2n) is 7.05. The first-order valence-corrected chi connectivity index (χ1v) is 9.56. The van der Waals surface area contributed by atoms with E-state index in [1.807, 2.05) is 42.5 Å². The number of rotatable bonds is 5. The Kier molecular flexibility index (Phi) is 5.39. The lowest BCUT2D eigenvalue weighted by atomic mass is 10.0. The molecule has 0 saturated heterocycles. The maximum Gasteiger partial charge on any atom is 0.419 e. The van der Waals surface area contributed by atoms with Crippen molar-refractivity contribution in [3.63, 3.8) is 0 Å². The number of amides is 1. The Labute approximate surface area is 171 Å². The SMILES string of the molecule is O=C1CCc2cccc(Nc3ncc(C(F)(F)F)c(CCc4ccccc4)n3)c2N1. The molecular weight excluding hydrogens is 393 g/mol. The zero-order valence-corrected chi connectivity index (χ0v) is 16.0. The molecule has 4 rings (SSSR count). The molecule has 3 aromatic rings. The fourth-order valence-corrected chi connectivity index (χ4v) is 3.44. The molecule has 0 saturated carbocycles. The monoisotopic (exact) mass is 412 g/mol. The summed E-state index contributed by atoms with van der Waals surface area (Å²) in [6, 6.07) is 14.7. The van der Waals surface area contributed by atoms with E-state index in [4.69, 9.17) is 0 Å². The minimum atomic E-state index is -4.54. The molecule has 2 heterocycles. The highest BCUT2D eigenvalue weighted by Gasteiger charge is 2.34. The molecule has 1 amide bonds. The number of nitrogens with one attached hydrogen (secondary N) is 2. The van der Waals surface area contributed by atoms with Gasteiger partial charge in [-0.25, -0.2) is 9.97 Å². The van der Waals surface area contributed by atoms with Crippen molar-refractivity contribution in [3.8, 4) is 0 Å². The van der Waals surface area contributed by atoms with E-state index in [1.54, 1.807) is 6.07 Å². The summed E-state index contributed by atoms with van der Waals surface area (Å²) in [7, 11) is 0. The molecule has 0 bridgehead atoms. The minimum Gasteiger partial charge on any atom is -0.324 e. The van der Waals surface area contributed by atoms with E-state index >= 15 is 0 Å². The minimum absolute atomic E-state index is 0.0549. The van der Waals surface area contributed by atoms with E-state index in [2.05, 4.69) is 20.6 Å². The van der Waals surface area contributed by atoms with Crippen LogP contribution < -0.4 is 10.6 Å². The number of fused-ring (bicyclic) bond motifs is 1. The van der Waals surface area contributed by atoms with Crippen molar-refractivity contribution in [3.05, 3.63) is 77.1 Å². The fraction of sp³-hybridized carbons (Fsp3) is 0.227. The third-order valence-electron chi connectivity index (χ3n) is 4.95. The van der Waals surface area contributed by atoms with Crippen LogP contribution in [0.25, 0.3) is 0 Å². The predicted octanol–water partition coefficient (Wildman–Crippen LogP) is 4.91. The van der Waals surface area contributed by atoms with Crippen molar-refractivity contribution in [2.75, 3.05) is 10.6 Å². The van der Waals surface area contributed by atoms with Gasteiger partial charge < -0.3 is 10.6 Å². The first-order valence-electron chi connectivity index (χ1n) is 9.56. The lowest BCUT2D eigenvalue weighted by Crippen LogP contribution is -2.20. The van der Waals surface area contributed by atoms with Gasteiger partial charge in [-0.05, 0) is 36.5 Å². The number of halogens is 3. The summed E-state index contributed by atoms with van der Waals surface area (Å²) < 4.78 is 40.4. The molecule has 1 aliphatic rings. The molecule has 0 spiro atoms. The molecule has 0 fully saturated rings. The number of nitrogens with zero attached hydrogens (tertiary/aromatic N) is 2. The van der Waals surface area contributed by atoms with E-state index in [-0.39, 0.29) is 24.0 Å². The first kappa shape index (κ1) is 19.9. The number of carbonyl (C=O) groups excluding carboxylic acids is 1. The van der Waals surface area contributed by atoms with E-state index < -0.39 is 11.7 Å². The third-order valence-corrected chi connectivity index (χ3v) is 4.95. The summed E-state index contributed by atoms with van der Waals surface area (Å²) in [5.41, 5.74) is 2.14. The molecule has 0 radical (unpaired) electrons. The molecule has 1 aliphatic heterocycles. The Bertz CT molecular complexity index is 1070. The number of anilines is 3. The maximum atomic E-state index is 13.5.